The van der Waals surface area contributed by atoms with Crippen LogP contribution in [0, 0.1) is 17.8 Å². The second-order valence-corrected chi connectivity index (χ2v) is 4.30. The Morgan fingerprint density at radius 1 is 1.38 bits per heavy atom. The zero-order valence-corrected chi connectivity index (χ0v) is 8.29. The molecular weight excluding hydrogens is 164 g/mol. The molecule has 0 bridgehead atoms. The maximum atomic E-state index is 11.4. The minimum atomic E-state index is 0.0550. The molecule has 2 aliphatic rings. The van der Waals surface area contributed by atoms with E-state index in [1.165, 1.54) is 25.7 Å². The van der Waals surface area contributed by atoms with E-state index in [4.69, 9.17) is 4.74 Å². The molecule has 2 nitrogen and oxygen atoms in total. The molecule has 74 valence electrons. The van der Waals surface area contributed by atoms with Crippen LogP contribution in [0.15, 0.2) is 0 Å². The van der Waals surface area contributed by atoms with Crippen molar-refractivity contribution in [3.8, 4) is 0 Å². The number of hydrogen-bond acceptors (Lipinski definition) is 2. The van der Waals surface area contributed by atoms with Crippen LogP contribution < -0.4 is 0 Å². The summed E-state index contributed by atoms with van der Waals surface area (Å²) in [6, 6.07) is 0. The fourth-order valence-electron chi connectivity index (χ4n) is 2.64. The highest BCUT2D eigenvalue weighted by Gasteiger charge is 2.48. The Morgan fingerprint density at radius 3 is 2.69 bits per heavy atom. The van der Waals surface area contributed by atoms with Gasteiger partial charge in [-0.15, -0.1) is 0 Å². The van der Waals surface area contributed by atoms with E-state index < -0.39 is 0 Å². The van der Waals surface area contributed by atoms with Gasteiger partial charge in [-0.1, -0.05) is 25.7 Å². The standard InChI is InChI=1S/C11H18O2/c1-2-13-11(12)10-7-9(10)8-5-3-4-6-8/h8-10H,2-7H2,1H3/t9-,10+/m0/s1. The van der Waals surface area contributed by atoms with Crippen molar-refractivity contribution in [3.05, 3.63) is 0 Å². The molecule has 2 saturated carbocycles. The van der Waals surface area contributed by atoms with Crippen LogP contribution in [0.25, 0.3) is 0 Å². The molecule has 0 N–H and O–H groups in total. The molecular formula is C11H18O2. The first kappa shape index (κ1) is 9.04. The Balaban J connectivity index is 1.77. The quantitative estimate of drug-likeness (QED) is 0.626. The van der Waals surface area contributed by atoms with Gasteiger partial charge in [0.15, 0.2) is 0 Å². The minimum Gasteiger partial charge on any atom is -0.466 e. The van der Waals surface area contributed by atoms with E-state index in [-0.39, 0.29) is 11.9 Å². The number of hydrogen-bond donors (Lipinski definition) is 0. The molecule has 13 heavy (non-hydrogen) atoms. The minimum absolute atomic E-state index is 0.0550. The Kier molecular flexibility index (Phi) is 2.56. The van der Waals surface area contributed by atoms with Crippen molar-refractivity contribution < 1.29 is 9.53 Å². The number of rotatable bonds is 3. The van der Waals surface area contributed by atoms with Crippen LogP contribution >= 0.6 is 0 Å². The van der Waals surface area contributed by atoms with E-state index in [1.54, 1.807) is 0 Å². The summed E-state index contributed by atoms with van der Waals surface area (Å²) in [6.07, 6.45) is 6.54. The van der Waals surface area contributed by atoms with Gasteiger partial charge in [0.05, 0.1) is 12.5 Å². The molecule has 0 amide bonds. The molecule has 0 aromatic heterocycles. The highest BCUT2D eigenvalue weighted by molar-refractivity contribution is 5.75. The van der Waals surface area contributed by atoms with Gasteiger partial charge in [0.2, 0.25) is 0 Å². The predicted octanol–water partition coefficient (Wildman–Crippen LogP) is 2.38. The van der Waals surface area contributed by atoms with Crippen LogP contribution in [0.4, 0.5) is 0 Å². The normalized spacial score (nSPS) is 33.3. The van der Waals surface area contributed by atoms with E-state index in [0.29, 0.717) is 12.5 Å². The van der Waals surface area contributed by atoms with Crippen LogP contribution in [0.2, 0.25) is 0 Å². The van der Waals surface area contributed by atoms with Crippen LogP contribution in [-0.4, -0.2) is 12.6 Å². The largest absolute Gasteiger partial charge is 0.466 e. The number of esters is 1. The predicted molar refractivity (Wildman–Crippen MR) is 50.2 cm³/mol. The molecule has 0 saturated heterocycles. The average molecular weight is 182 g/mol. The van der Waals surface area contributed by atoms with Gasteiger partial charge in [-0.25, -0.2) is 0 Å². The second kappa shape index (κ2) is 3.69. The lowest BCUT2D eigenvalue weighted by Gasteiger charge is -2.06. The van der Waals surface area contributed by atoms with Crippen molar-refractivity contribution in [1.29, 1.82) is 0 Å². The van der Waals surface area contributed by atoms with Gasteiger partial charge in [0.1, 0.15) is 0 Å². The van der Waals surface area contributed by atoms with Crippen LogP contribution in [0.1, 0.15) is 39.0 Å². The summed E-state index contributed by atoms with van der Waals surface area (Å²) in [6.45, 7) is 2.41. The topological polar surface area (TPSA) is 26.3 Å². The van der Waals surface area contributed by atoms with E-state index in [0.717, 1.165) is 12.3 Å². The first-order valence-electron chi connectivity index (χ1n) is 5.49. The Morgan fingerprint density at radius 2 is 2.08 bits per heavy atom. The molecule has 0 radical (unpaired) electrons. The molecule has 2 heteroatoms. The Labute approximate surface area is 79.7 Å². The monoisotopic (exact) mass is 182 g/mol. The fraction of sp³-hybridized carbons (Fsp3) is 0.909. The molecule has 2 rings (SSSR count). The van der Waals surface area contributed by atoms with Gasteiger partial charge >= 0.3 is 5.97 Å². The molecule has 0 heterocycles. The second-order valence-electron chi connectivity index (χ2n) is 4.30. The lowest BCUT2D eigenvalue weighted by atomic mass is 10.0. The molecule has 2 aliphatic carbocycles. The van der Waals surface area contributed by atoms with Gasteiger partial charge in [0, 0.05) is 0 Å². The molecule has 2 fully saturated rings. The van der Waals surface area contributed by atoms with Crippen molar-refractivity contribution in [2.24, 2.45) is 17.8 Å². The summed E-state index contributed by atoms with van der Waals surface area (Å²) >= 11 is 0. The third kappa shape index (κ3) is 1.87. The van der Waals surface area contributed by atoms with E-state index in [2.05, 4.69) is 0 Å². The molecule has 0 aromatic rings. The Bertz CT molecular complexity index is 194. The lowest BCUT2D eigenvalue weighted by Crippen LogP contribution is -2.10. The van der Waals surface area contributed by atoms with Crippen LogP contribution in [0.3, 0.4) is 0 Å². The number of carbonyl (C=O) groups excluding carboxylic acids is 1. The zero-order valence-electron chi connectivity index (χ0n) is 8.29. The Hall–Kier alpha value is -0.530. The van der Waals surface area contributed by atoms with Gasteiger partial charge in [-0.3, -0.25) is 4.79 Å². The average Bonchev–Trinajstić information content (AvgIpc) is 2.74. The summed E-state index contributed by atoms with van der Waals surface area (Å²) in [5.41, 5.74) is 0. The van der Waals surface area contributed by atoms with Gasteiger partial charge in [-0.2, -0.15) is 0 Å². The summed E-state index contributed by atoms with van der Waals surface area (Å²) in [5.74, 6) is 1.85. The maximum absolute atomic E-state index is 11.4. The lowest BCUT2D eigenvalue weighted by molar-refractivity contribution is -0.145. The molecule has 0 aromatic carbocycles. The molecule has 0 spiro atoms. The number of carbonyl (C=O) groups is 1. The number of ether oxygens (including phenoxy) is 1. The van der Waals surface area contributed by atoms with Crippen molar-refractivity contribution in [1.82, 2.24) is 0 Å². The molecule has 0 aliphatic heterocycles. The summed E-state index contributed by atoms with van der Waals surface area (Å²) in [7, 11) is 0. The SMILES string of the molecule is CCOC(=O)[C@@H]1C[C@H]1C1CCCC1. The summed E-state index contributed by atoms with van der Waals surface area (Å²) in [4.78, 5) is 11.4. The van der Waals surface area contributed by atoms with Crippen LogP contribution in [-0.2, 0) is 9.53 Å². The van der Waals surface area contributed by atoms with Gasteiger partial charge < -0.3 is 4.74 Å². The fourth-order valence-corrected chi connectivity index (χ4v) is 2.64. The van der Waals surface area contributed by atoms with E-state index in [1.807, 2.05) is 6.92 Å². The third-order valence-electron chi connectivity index (χ3n) is 3.43. The van der Waals surface area contributed by atoms with E-state index in [9.17, 15) is 4.79 Å². The van der Waals surface area contributed by atoms with Crippen molar-refractivity contribution in [3.63, 3.8) is 0 Å². The zero-order chi connectivity index (χ0) is 9.26. The van der Waals surface area contributed by atoms with Crippen molar-refractivity contribution in [2.75, 3.05) is 6.61 Å². The maximum Gasteiger partial charge on any atom is 0.309 e. The van der Waals surface area contributed by atoms with Crippen molar-refractivity contribution in [2.45, 2.75) is 39.0 Å². The van der Waals surface area contributed by atoms with Gasteiger partial charge in [0.25, 0.3) is 0 Å². The van der Waals surface area contributed by atoms with Gasteiger partial charge in [-0.05, 0) is 25.2 Å². The molecule has 2 atom stereocenters. The highest BCUT2D eigenvalue weighted by atomic mass is 16.5. The van der Waals surface area contributed by atoms with E-state index >= 15 is 0 Å². The van der Waals surface area contributed by atoms with Crippen LogP contribution in [0.5, 0.6) is 0 Å². The van der Waals surface area contributed by atoms with Crippen molar-refractivity contribution >= 4 is 5.97 Å². The first-order chi connectivity index (χ1) is 6.33. The first-order valence-corrected chi connectivity index (χ1v) is 5.49. The highest BCUT2D eigenvalue weighted by Crippen LogP contribution is 2.50. The molecule has 0 unspecified atom stereocenters. The summed E-state index contributed by atoms with van der Waals surface area (Å²) in [5, 5.41) is 0. The third-order valence-corrected chi connectivity index (χ3v) is 3.43. The smallest absolute Gasteiger partial charge is 0.309 e. The summed E-state index contributed by atoms with van der Waals surface area (Å²) < 4.78 is 5.02.